The van der Waals surface area contributed by atoms with Crippen LogP contribution in [-0.2, 0) is 10.3 Å². The Labute approximate surface area is 120 Å². The van der Waals surface area contributed by atoms with Gasteiger partial charge in [-0.1, -0.05) is 36.4 Å². The molecule has 0 saturated carbocycles. The molecular weight excluding hydrogens is 272 g/mol. The molecule has 0 spiro atoms. The first-order valence-electron chi connectivity index (χ1n) is 6.25. The molecule has 1 fully saturated rings. The largest absolute Gasteiger partial charge is 0.504 e. The Balaban J connectivity index is 2.24. The first-order valence-corrected chi connectivity index (χ1v) is 6.25. The molecule has 1 atom stereocenters. The number of imide groups is 1. The Morgan fingerprint density at radius 2 is 1.57 bits per heavy atom. The fraction of sp³-hybridized carbons (Fsp3) is 0.0667. The molecule has 106 valence electrons. The monoisotopic (exact) mass is 284 g/mol. The second-order valence-corrected chi connectivity index (χ2v) is 4.73. The minimum Gasteiger partial charge on any atom is -0.504 e. The molecule has 2 aromatic carbocycles. The smallest absolute Gasteiger partial charge is 0.322 e. The summed E-state index contributed by atoms with van der Waals surface area (Å²) in [6.07, 6.45) is 0. The molecule has 6 heteroatoms. The minimum absolute atomic E-state index is 0.299. The van der Waals surface area contributed by atoms with Gasteiger partial charge in [-0.25, -0.2) is 4.79 Å². The number of rotatable bonds is 2. The zero-order valence-corrected chi connectivity index (χ0v) is 10.8. The summed E-state index contributed by atoms with van der Waals surface area (Å²) in [5, 5.41) is 23.9. The maximum Gasteiger partial charge on any atom is 0.322 e. The molecule has 0 unspecified atom stereocenters. The summed E-state index contributed by atoms with van der Waals surface area (Å²) in [5.74, 6) is -1.20. The summed E-state index contributed by atoms with van der Waals surface area (Å²) < 4.78 is 0. The predicted octanol–water partition coefficient (Wildman–Crippen LogP) is 1.18. The van der Waals surface area contributed by atoms with E-state index >= 15 is 0 Å². The van der Waals surface area contributed by atoms with E-state index in [-0.39, 0.29) is 11.5 Å². The normalized spacial score (nSPS) is 21.0. The van der Waals surface area contributed by atoms with Crippen LogP contribution in [0.2, 0.25) is 0 Å². The van der Waals surface area contributed by atoms with Gasteiger partial charge < -0.3 is 15.5 Å². The number of hydrogen-bond donors (Lipinski definition) is 4. The maximum absolute atomic E-state index is 12.4. The van der Waals surface area contributed by atoms with E-state index in [4.69, 9.17) is 0 Å². The van der Waals surface area contributed by atoms with Crippen molar-refractivity contribution in [3.63, 3.8) is 0 Å². The first-order chi connectivity index (χ1) is 10.0. The number of aromatic hydroxyl groups is 2. The second kappa shape index (κ2) is 4.52. The van der Waals surface area contributed by atoms with E-state index in [1.807, 2.05) is 0 Å². The average Bonchev–Trinajstić information content (AvgIpc) is 2.78. The Hall–Kier alpha value is -3.02. The average molecular weight is 284 g/mol. The van der Waals surface area contributed by atoms with Crippen LogP contribution in [-0.4, -0.2) is 22.2 Å². The lowest BCUT2D eigenvalue weighted by molar-refractivity contribution is -0.122. The number of carbonyl (C=O) groups excluding carboxylic acids is 2. The Morgan fingerprint density at radius 3 is 2.14 bits per heavy atom. The molecule has 6 nitrogen and oxygen atoms in total. The van der Waals surface area contributed by atoms with Gasteiger partial charge in [-0.2, -0.15) is 0 Å². The van der Waals surface area contributed by atoms with E-state index in [9.17, 15) is 19.8 Å². The number of phenols is 2. The van der Waals surface area contributed by atoms with Crippen molar-refractivity contribution in [1.29, 1.82) is 0 Å². The van der Waals surface area contributed by atoms with Gasteiger partial charge in [0, 0.05) is 0 Å². The number of urea groups is 1. The van der Waals surface area contributed by atoms with E-state index < -0.39 is 17.5 Å². The summed E-state index contributed by atoms with van der Waals surface area (Å²) in [6.45, 7) is 0. The molecule has 0 bridgehead atoms. The molecular formula is C15H12N2O4. The minimum atomic E-state index is -1.43. The van der Waals surface area contributed by atoms with E-state index in [0.29, 0.717) is 11.1 Å². The number of hydrogen-bond acceptors (Lipinski definition) is 4. The van der Waals surface area contributed by atoms with Gasteiger partial charge in [0.15, 0.2) is 17.0 Å². The van der Waals surface area contributed by atoms with Crippen molar-refractivity contribution in [1.82, 2.24) is 10.6 Å². The second-order valence-electron chi connectivity index (χ2n) is 4.73. The van der Waals surface area contributed by atoms with Crippen molar-refractivity contribution >= 4 is 11.9 Å². The highest BCUT2D eigenvalue weighted by Crippen LogP contribution is 2.36. The van der Waals surface area contributed by atoms with Crippen molar-refractivity contribution in [3.8, 4) is 11.5 Å². The van der Waals surface area contributed by atoms with Gasteiger partial charge >= 0.3 is 6.03 Å². The number of nitrogens with one attached hydrogen (secondary N) is 2. The standard InChI is InChI=1S/C15H12N2O4/c18-11-7-6-10(8-12(11)19)15(9-4-2-1-3-5-9)13(20)16-14(21)17-15/h1-8,18-19H,(H2,16,17,20,21)/t15-/m0/s1. The molecule has 0 aliphatic carbocycles. The summed E-state index contributed by atoms with van der Waals surface area (Å²) in [5.41, 5.74) is -0.519. The van der Waals surface area contributed by atoms with Gasteiger partial charge in [0.2, 0.25) is 0 Å². The predicted molar refractivity (Wildman–Crippen MR) is 73.7 cm³/mol. The van der Waals surface area contributed by atoms with Crippen LogP contribution in [0.5, 0.6) is 11.5 Å². The number of benzene rings is 2. The Bertz CT molecular complexity index is 730. The lowest BCUT2D eigenvalue weighted by Gasteiger charge is -2.27. The van der Waals surface area contributed by atoms with Crippen LogP contribution < -0.4 is 10.6 Å². The summed E-state index contributed by atoms with van der Waals surface area (Å²) in [7, 11) is 0. The van der Waals surface area contributed by atoms with E-state index in [0.717, 1.165) is 0 Å². The fourth-order valence-electron chi connectivity index (χ4n) is 2.47. The highest BCUT2D eigenvalue weighted by Gasteiger charge is 2.49. The van der Waals surface area contributed by atoms with Crippen molar-refractivity contribution in [3.05, 3.63) is 59.7 Å². The Morgan fingerprint density at radius 1 is 0.857 bits per heavy atom. The van der Waals surface area contributed by atoms with Crippen LogP contribution in [0, 0.1) is 0 Å². The molecule has 2 aromatic rings. The molecule has 3 rings (SSSR count). The van der Waals surface area contributed by atoms with E-state index in [1.54, 1.807) is 30.3 Å². The zero-order valence-electron chi connectivity index (χ0n) is 10.8. The van der Waals surface area contributed by atoms with Crippen molar-refractivity contribution in [2.24, 2.45) is 0 Å². The van der Waals surface area contributed by atoms with E-state index in [2.05, 4.69) is 10.6 Å². The molecule has 1 heterocycles. The van der Waals surface area contributed by atoms with Crippen LogP contribution in [0.25, 0.3) is 0 Å². The quantitative estimate of drug-likeness (QED) is 0.491. The summed E-state index contributed by atoms with van der Waals surface area (Å²) in [4.78, 5) is 24.0. The van der Waals surface area contributed by atoms with Crippen LogP contribution in [0.15, 0.2) is 48.5 Å². The van der Waals surface area contributed by atoms with Gasteiger partial charge in [-0.15, -0.1) is 0 Å². The molecule has 0 radical (unpaired) electrons. The molecule has 0 aromatic heterocycles. The van der Waals surface area contributed by atoms with Gasteiger partial charge in [0.05, 0.1) is 0 Å². The first kappa shape index (κ1) is 13.0. The molecule has 1 aliphatic rings. The van der Waals surface area contributed by atoms with Crippen molar-refractivity contribution in [2.75, 3.05) is 0 Å². The van der Waals surface area contributed by atoms with Crippen LogP contribution in [0.1, 0.15) is 11.1 Å². The van der Waals surface area contributed by atoms with Crippen LogP contribution in [0.3, 0.4) is 0 Å². The molecule has 4 N–H and O–H groups in total. The number of phenolic OH excluding ortho intramolecular Hbond substituents is 2. The van der Waals surface area contributed by atoms with Crippen LogP contribution >= 0.6 is 0 Å². The fourth-order valence-corrected chi connectivity index (χ4v) is 2.47. The van der Waals surface area contributed by atoms with E-state index in [1.165, 1.54) is 18.2 Å². The van der Waals surface area contributed by atoms with Gasteiger partial charge in [0.25, 0.3) is 5.91 Å². The molecule has 1 aliphatic heterocycles. The third-order valence-corrected chi connectivity index (χ3v) is 3.48. The molecule has 3 amide bonds. The maximum atomic E-state index is 12.4. The third kappa shape index (κ3) is 1.88. The highest BCUT2D eigenvalue weighted by molar-refractivity contribution is 6.09. The van der Waals surface area contributed by atoms with Gasteiger partial charge in [0.1, 0.15) is 0 Å². The van der Waals surface area contributed by atoms with Crippen molar-refractivity contribution in [2.45, 2.75) is 5.54 Å². The number of carbonyl (C=O) groups is 2. The zero-order chi connectivity index (χ0) is 15.0. The molecule has 1 saturated heterocycles. The third-order valence-electron chi connectivity index (χ3n) is 3.48. The highest BCUT2D eigenvalue weighted by atomic mass is 16.3. The van der Waals surface area contributed by atoms with Crippen LogP contribution in [0.4, 0.5) is 4.79 Å². The lowest BCUT2D eigenvalue weighted by atomic mass is 9.83. The van der Waals surface area contributed by atoms with Gasteiger partial charge in [-0.3, -0.25) is 10.1 Å². The summed E-state index contributed by atoms with van der Waals surface area (Å²) in [6, 6.07) is 12.1. The SMILES string of the molecule is O=C1NC(=O)[C@](c2ccccc2)(c2ccc(O)c(O)c2)N1. The van der Waals surface area contributed by atoms with Gasteiger partial charge in [-0.05, 0) is 23.3 Å². The number of amides is 3. The lowest BCUT2D eigenvalue weighted by Crippen LogP contribution is -2.44. The molecule has 21 heavy (non-hydrogen) atoms. The van der Waals surface area contributed by atoms with Crippen molar-refractivity contribution < 1.29 is 19.8 Å². The Kier molecular flexibility index (Phi) is 2.79. The topological polar surface area (TPSA) is 98.7 Å². The summed E-state index contributed by atoms with van der Waals surface area (Å²) >= 11 is 0.